The van der Waals surface area contributed by atoms with E-state index < -0.39 is 0 Å². The summed E-state index contributed by atoms with van der Waals surface area (Å²) in [4.78, 5) is 11.0. The highest BCUT2D eigenvalue weighted by molar-refractivity contribution is 7.80. The van der Waals surface area contributed by atoms with Crippen molar-refractivity contribution < 1.29 is 13.9 Å². The Morgan fingerprint density at radius 3 is 2.96 bits per heavy atom. The summed E-state index contributed by atoms with van der Waals surface area (Å²) in [7, 11) is 1.41. The van der Waals surface area contributed by atoms with Crippen LogP contribution in [0.5, 0.6) is 0 Å². The van der Waals surface area contributed by atoms with Crippen molar-refractivity contribution in [3.05, 3.63) is 23.7 Å². The van der Waals surface area contributed by atoms with Crippen LogP contribution in [0.15, 0.2) is 21.7 Å². The van der Waals surface area contributed by atoms with Crippen LogP contribution in [0.4, 0.5) is 0 Å². The molecule has 2 N–H and O–H groups in total. The number of carbonyl (C=O) groups excluding carboxylic acids is 1. The summed E-state index contributed by atoms with van der Waals surface area (Å²) >= 11 is 5.14. The van der Waals surface area contributed by atoms with E-state index in [1.165, 1.54) is 13.5 Å². The van der Waals surface area contributed by atoms with E-state index in [1.54, 1.807) is 6.21 Å². The van der Waals surface area contributed by atoms with Gasteiger partial charge in [-0.15, -0.1) is 0 Å². The van der Waals surface area contributed by atoms with E-state index in [9.17, 15) is 4.79 Å². The van der Waals surface area contributed by atoms with Crippen molar-refractivity contribution in [3.8, 4) is 0 Å². The highest BCUT2D eigenvalue weighted by atomic mass is 32.1. The van der Waals surface area contributed by atoms with Crippen molar-refractivity contribution in [1.29, 1.82) is 0 Å². The molecule has 6 nitrogen and oxygen atoms in total. The molecule has 0 aliphatic heterocycles. The largest absolute Gasteiger partial charge is 0.469 e. The predicted molar refractivity (Wildman–Crippen MR) is 97.0 cm³/mol. The third-order valence-corrected chi connectivity index (χ3v) is 4.29. The highest BCUT2D eigenvalue weighted by Gasteiger charge is 2.36. The molecule has 1 fully saturated rings. The molecule has 0 saturated heterocycles. The Kier molecular flexibility index (Phi) is 7.24. The number of carbonyl (C=O) groups is 1. The van der Waals surface area contributed by atoms with Gasteiger partial charge in [-0.1, -0.05) is 13.3 Å². The van der Waals surface area contributed by atoms with Crippen LogP contribution in [0.2, 0.25) is 0 Å². The van der Waals surface area contributed by atoms with E-state index >= 15 is 0 Å². The first kappa shape index (κ1) is 18.4. The molecule has 0 unspecified atom stereocenters. The van der Waals surface area contributed by atoms with Gasteiger partial charge in [0.1, 0.15) is 11.5 Å². The zero-order chi connectivity index (χ0) is 17.4. The third-order valence-electron chi connectivity index (χ3n) is 4.05. The fourth-order valence-electron chi connectivity index (χ4n) is 2.42. The quantitative estimate of drug-likeness (QED) is 0.234. The Labute approximate surface area is 148 Å². The molecule has 1 aliphatic rings. The number of nitrogens with zero attached hydrogens (tertiary/aromatic N) is 1. The summed E-state index contributed by atoms with van der Waals surface area (Å²) in [5, 5.41) is 7.61. The first-order chi connectivity index (χ1) is 11.6. The van der Waals surface area contributed by atoms with Gasteiger partial charge >= 0.3 is 5.97 Å². The van der Waals surface area contributed by atoms with Gasteiger partial charge in [0.05, 0.1) is 13.3 Å². The topological polar surface area (TPSA) is 75.9 Å². The smallest absolute Gasteiger partial charge is 0.305 e. The van der Waals surface area contributed by atoms with Gasteiger partial charge in [0, 0.05) is 18.9 Å². The Bertz CT molecular complexity index is 585. The summed E-state index contributed by atoms with van der Waals surface area (Å²) in [6.45, 7) is 2.97. The van der Waals surface area contributed by atoms with Gasteiger partial charge < -0.3 is 14.5 Å². The van der Waals surface area contributed by atoms with Crippen LogP contribution >= 0.6 is 12.2 Å². The summed E-state index contributed by atoms with van der Waals surface area (Å²) in [5.41, 5.74) is 2.77. The Hall–Kier alpha value is -1.89. The number of ether oxygens (including phenoxy) is 1. The van der Waals surface area contributed by atoms with E-state index in [1.807, 2.05) is 12.1 Å². The van der Waals surface area contributed by atoms with E-state index in [-0.39, 0.29) is 5.97 Å². The number of unbranched alkanes of at least 4 members (excludes halogenated alkanes) is 2. The normalized spacial score (nSPS) is 19.2. The lowest BCUT2D eigenvalue weighted by molar-refractivity contribution is -0.140. The lowest BCUT2D eigenvalue weighted by Gasteiger charge is -2.06. The lowest BCUT2D eigenvalue weighted by atomic mass is 10.2. The summed E-state index contributed by atoms with van der Waals surface area (Å²) in [6.07, 6.45) is 6.00. The van der Waals surface area contributed by atoms with Crippen molar-refractivity contribution in [1.82, 2.24) is 10.7 Å². The third kappa shape index (κ3) is 6.31. The molecule has 0 radical (unpaired) electrons. The maximum atomic E-state index is 11.0. The fourth-order valence-corrected chi connectivity index (χ4v) is 2.58. The molecule has 2 rings (SSSR count). The van der Waals surface area contributed by atoms with Crippen LogP contribution in [0.25, 0.3) is 0 Å². The summed E-state index contributed by atoms with van der Waals surface area (Å²) in [6, 6.07) is 3.93. The van der Waals surface area contributed by atoms with Crippen molar-refractivity contribution in [3.63, 3.8) is 0 Å². The first-order valence-corrected chi connectivity index (χ1v) is 8.74. The first-order valence-electron chi connectivity index (χ1n) is 8.33. The lowest BCUT2D eigenvalue weighted by Crippen LogP contribution is -2.32. The Balaban J connectivity index is 1.54. The summed E-state index contributed by atoms with van der Waals surface area (Å²) < 4.78 is 10.3. The molecule has 7 heteroatoms. The minimum absolute atomic E-state index is 0.160. The predicted octanol–water partition coefficient (Wildman–Crippen LogP) is 2.93. The minimum Gasteiger partial charge on any atom is -0.469 e. The van der Waals surface area contributed by atoms with E-state index in [2.05, 4.69) is 27.5 Å². The van der Waals surface area contributed by atoms with Crippen molar-refractivity contribution >= 4 is 29.5 Å². The van der Waals surface area contributed by atoms with E-state index in [4.69, 9.17) is 16.6 Å². The number of hydrazone groups is 1. The monoisotopic (exact) mass is 351 g/mol. The van der Waals surface area contributed by atoms with E-state index in [0.29, 0.717) is 17.5 Å². The number of hydrogen-bond donors (Lipinski definition) is 2. The van der Waals surface area contributed by atoms with Crippen molar-refractivity contribution in [2.45, 2.75) is 44.9 Å². The van der Waals surface area contributed by atoms with Crippen LogP contribution in [0, 0.1) is 5.92 Å². The van der Waals surface area contributed by atoms with Gasteiger partial charge in [-0.05, 0) is 49.5 Å². The molecule has 1 saturated carbocycles. The molecule has 1 aromatic heterocycles. The number of methoxy groups -OCH3 is 1. The average molecular weight is 351 g/mol. The Morgan fingerprint density at radius 2 is 2.25 bits per heavy atom. The fraction of sp³-hybridized carbons (Fsp3) is 0.588. The van der Waals surface area contributed by atoms with Crippen LogP contribution in [0.3, 0.4) is 0 Å². The standard InChI is InChI=1S/C17H25N3O3S/c1-12-10-14(12)15-8-7-13(23-15)11-19-20-17(24)18-9-5-3-4-6-16(21)22-2/h7-8,11-12,14H,3-6,9-10H2,1-2H3,(H2,18,20,24)/b19-11-/t12-,14-/m1/s1. The van der Waals surface area contributed by atoms with Gasteiger partial charge in [0.2, 0.25) is 0 Å². The van der Waals surface area contributed by atoms with Gasteiger partial charge in [0.25, 0.3) is 0 Å². The van der Waals surface area contributed by atoms with E-state index in [0.717, 1.165) is 43.2 Å². The van der Waals surface area contributed by atoms with Gasteiger partial charge in [-0.2, -0.15) is 5.10 Å². The molecule has 24 heavy (non-hydrogen) atoms. The molecule has 0 amide bonds. The maximum absolute atomic E-state index is 11.0. The number of esters is 1. The minimum atomic E-state index is -0.160. The molecule has 0 spiro atoms. The average Bonchev–Trinajstić information content (AvgIpc) is 3.11. The van der Waals surface area contributed by atoms with Gasteiger partial charge in [-0.3, -0.25) is 10.2 Å². The number of furan rings is 1. The molecule has 0 aromatic carbocycles. The molecular formula is C17H25N3O3S. The van der Waals surface area contributed by atoms with Crippen LogP contribution in [-0.2, 0) is 9.53 Å². The molecule has 1 aromatic rings. The van der Waals surface area contributed by atoms with Crippen LogP contribution in [0.1, 0.15) is 56.5 Å². The zero-order valence-corrected chi connectivity index (χ0v) is 15.0. The Morgan fingerprint density at radius 1 is 1.46 bits per heavy atom. The second-order valence-corrected chi connectivity index (χ2v) is 6.48. The molecule has 132 valence electrons. The molecule has 1 heterocycles. The SMILES string of the molecule is COC(=O)CCCCCNC(=S)N/N=C\c1ccc([C@@H]2C[C@H]2C)o1. The molecular weight excluding hydrogens is 326 g/mol. The van der Waals surface area contributed by atoms with Gasteiger partial charge in [-0.25, -0.2) is 0 Å². The maximum Gasteiger partial charge on any atom is 0.305 e. The van der Waals surface area contributed by atoms with Crippen LogP contribution < -0.4 is 10.7 Å². The van der Waals surface area contributed by atoms with Crippen LogP contribution in [-0.4, -0.2) is 31.0 Å². The molecule has 1 aliphatic carbocycles. The molecule has 0 bridgehead atoms. The second-order valence-electron chi connectivity index (χ2n) is 6.07. The summed E-state index contributed by atoms with van der Waals surface area (Å²) in [5.74, 6) is 2.90. The number of nitrogens with one attached hydrogen (secondary N) is 2. The zero-order valence-electron chi connectivity index (χ0n) is 14.2. The number of rotatable bonds is 9. The van der Waals surface area contributed by atoms with Crippen molar-refractivity contribution in [2.24, 2.45) is 11.0 Å². The number of hydrogen-bond acceptors (Lipinski definition) is 5. The van der Waals surface area contributed by atoms with Crippen molar-refractivity contribution in [2.75, 3.05) is 13.7 Å². The number of thiocarbonyl (C=S) groups is 1. The van der Waals surface area contributed by atoms with Gasteiger partial charge in [0.15, 0.2) is 5.11 Å². The second kappa shape index (κ2) is 9.42. The molecule has 2 atom stereocenters. The highest BCUT2D eigenvalue weighted by Crippen LogP contribution is 2.47.